The van der Waals surface area contributed by atoms with Gasteiger partial charge < -0.3 is 15.3 Å². The molecule has 30 heavy (non-hydrogen) atoms. The van der Waals surface area contributed by atoms with Gasteiger partial charge in [0.15, 0.2) is 5.65 Å². The number of amides is 1. The Kier molecular flexibility index (Phi) is 4.93. The second-order valence-electron chi connectivity index (χ2n) is 8.03. The zero-order valence-corrected chi connectivity index (χ0v) is 16.8. The molecule has 9 heteroatoms. The maximum absolute atomic E-state index is 13.6. The number of alkyl halides is 2. The number of carbonyl (C=O) groups excluding carboxylic acids is 1. The van der Waals surface area contributed by atoms with E-state index in [1.807, 2.05) is 4.90 Å². The number of piperidine rings is 1. The van der Waals surface area contributed by atoms with Gasteiger partial charge in [0.05, 0.1) is 11.8 Å². The van der Waals surface area contributed by atoms with Gasteiger partial charge in [-0.2, -0.15) is 9.61 Å². The van der Waals surface area contributed by atoms with Crippen molar-refractivity contribution in [2.24, 2.45) is 0 Å². The fourth-order valence-corrected chi connectivity index (χ4v) is 3.47. The molecule has 4 rings (SSSR count). The SMILES string of the molecule is CC(C)(O)c1ccc(C(=O)Nc2cc(N3CCC(F)(F)CC3)n3nccc3n2)cc1. The van der Waals surface area contributed by atoms with Crippen LogP contribution in [0.5, 0.6) is 0 Å². The van der Waals surface area contributed by atoms with Crippen molar-refractivity contribution < 1.29 is 18.7 Å². The Balaban J connectivity index is 1.58. The molecule has 1 fully saturated rings. The standard InChI is InChI=1S/C21H23F2N5O2/c1-20(2,30)15-5-3-14(4-6-15)19(29)26-16-13-18(28-17(25-16)7-10-24-28)27-11-8-21(22,23)9-12-27/h3-7,10,13,30H,8-9,11-12H2,1-2H3,(H,25,26,29). The smallest absolute Gasteiger partial charge is 0.256 e. The minimum absolute atomic E-state index is 0.192. The molecule has 0 aliphatic carbocycles. The summed E-state index contributed by atoms with van der Waals surface area (Å²) in [4.78, 5) is 18.9. The maximum atomic E-state index is 13.6. The van der Waals surface area contributed by atoms with Crippen LogP contribution in [0.4, 0.5) is 20.4 Å². The average Bonchev–Trinajstić information content (AvgIpc) is 3.15. The van der Waals surface area contributed by atoms with Gasteiger partial charge in [0.25, 0.3) is 11.8 Å². The summed E-state index contributed by atoms with van der Waals surface area (Å²) >= 11 is 0. The number of benzene rings is 1. The number of halogens is 2. The van der Waals surface area contributed by atoms with Crippen molar-refractivity contribution in [2.75, 3.05) is 23.3 Å². The highest BCUT2D eigenvalue weighted by molar-refractivity contribution is 6.04. The summed E-state index contributed by atoms with van der Waals surface area (Å²) in [6.45, 7) is 3.73. The lowest BCUT2D eigenvalue weighted by molar-refractivity contribution is -0.0222. The number of hydrogen-bond donors (Lipinski definition) is 2. The van der Waals surface area contributed by atoms with Gasteiger partial charge in [-0.05, 0) is 31.5 Å². The van der Waals surface area contributed by atoms with E-state index < -0.39 is 11.5 Å². The van der Waals surface area contributed by atoms with Crippen LogP contribution in [0.1, 0.15) is 42.6 Å². The molecule has 1 aromatic carbocycles. The Morgan fingerprint density at radius 1 is 1.17 bits per heavy atom. The van der Waals surface area contributed by atoms with Gasteiger partial charge in [-0.1, -0.05) is 12.1 Å². The van der Waals surface area contributed by atoms with E-state index in [0.29, 0.717) is 28.4 Å². The molecule has 0 atom stereocenters. The molecule has 1 amide bonds. The highest BCUT2D eigenvalue weighted by Gasteiger charge is 2.35. The summed E-state index contributed by atoms with van der Waals surface area (Å²) < 4.78 is 28.7. The fraction of sp³-hybridized carbons (Fsp3) is 0.381. The van der Waals surface area contributed by atoms with Crippen molar-refractivity contribution in [3.63, 3.8) is 0 Å². The Morgan fingerprint density at radius 2 is 1.83 bits per heavy atom. The minimum Gasteiger partial charge on any atom is -0.386 e. The topological polar surface area (TPSA) is 82.8 Å². The van der Waals surface area contributed by atoms with E-state index >= 15 is 0 Å². The molecule has 0 unspecified atom stereocenters. The highest BCUT2D eigenvalue weighted by atomic mass is 19.3. The van der Waals surface area contributed by atoms with E-state index in [9.17, 15) is 18.7 Å². The minimum atomic E-state index is -2.65. The summed E-state index contributed by atoms with van der Waals surface area (Å²) in [6, 6.07) is 9.99. The van der Waals surface area contributed by atoms with Crippen LogP contribution in [0.15, 0.2) is 42.6 Å². The summed E-state index contributed by atoms with van der Waals surface area (Å²) in [5.41, 5.74) is 0.626. The molecule has 2 N–H and O–H groups in total. The Hall–Kier alpha value is -3.07. The Bertz CT molecular complexity index is 1060. The van der Waals surface area contributed by atoms with Gasteiger partial charge in [-0.25, -0.2) is 13.8 Å². The van der Waals surface area contributed by atoms with Crippen molar-refractivity contribution in [1.82, 2.24) is 14.6 Å². The molecule has 1 aliphatic heterocycles. The van der Waals surface area contributed by atoms with Gasteiger partial charge >= 0.3 is 0 Å². The van der Waals surface area contributed by atoms with Crippen LogP contribution in [0.25, 0.3) is 5.65 Å². The maximum Gasteiger partial charge on any atom is 0.256 e. The monoisotopic (exact) mass is 415 g/mol. The van der Waals surface area contributed by atoms with Crippen LogP contribution in [0.3, 0.4) is 0 Å². The first-order valence-electron chi connectivity index (χ1n) is 9.74. The number of aliphatic hydroxyl groups is 1. The number of rotatable bonds is 4. The van der Waals surface area contributed by atoms with Crippen LogP contribution < -0.4 is 10.2 Å². The number of carbonyl (C=O) groups is 1. The lowest BCUT2D eigenvalue weighted by Crippen LogP contribution is -2.40. The third-order valence-corrected chi connectivity index (χ3v) is 5.25. The first-order valence-corrected chi connectivity index (χ1v) is 9.74. The lowest BCUT2D eigenvalue weighted by atomic mass is 9.97. The average molecular weight is 415 g/mol. The van der Waals surface area contributed by atoms with Gasteiger partial charge in [0, 0.05) is 43.6 Å². The molecule has 1 saturated heterocycles. The van der Waals surface area contributed by atoms with Gasteiger partial charge in [-0.3, -0.25) is 4.79 Å². The largest absolute Gasteiger partial charge is 0.386 e. The number of fused-ring (bicyclic) bond motifs is 1. The van der Waals surface area contributed by atoms with E-state index in [4.69, 9.17) is 0 Å². The molecule has 7 nitrogen and oxygen atoms in total. The Morgan fingerprint density at radius 3 is 2.47 bits per heavy atom. The third-order valence-electron chi connectivity index (χ3n) is 5.25. The van der Waals surface area contributed by atoms with Crippen molar-refractivity contribution in [1.29, 1.82) is 0 Å². The lowest BCUT2D eigenvalue weighted by Gasteiger charge is -2.33. The predicted molar refractivity (Wildman–Crippen MR) is 109 cm³/mol. The molecule has 158 valence electrons. The molecule has 3 aromatic rings. The number of nitrogens with one attached hydrogen (secondary N) is 1. The molecular weight excluding hydrogens is 392 g/mol. The summed E-state index contributed by atoms with van der Waals surface area (Å²) in [6.07, 6.45) is 1.12. The van der Waals surface area contributed by atoms with Crippen LogP contribution in [-0.4, -0.2) is 44.6 Å². The van der Waals surface area contributed by atoms with Crippen LogP contribution in [0, 0.1) is 0 Å². The Labute approximate surface area is 172 Å². The molecule has 0 spiro atoms. The first kappa shape index (κ1) is 20.2. The molecule has 1 aliphatic rings. The predicted octanol–water partition coefficient (Wildman–Crippen LogP) is 3.44. The van der Waals surface area contributed by atoms with Crippen LogP contribution >= 0.6 is 0 Å². The highest BCUT2D eigenvalue weighted by Crippen LogP contribution is 2.31. The zero-order valence-electron chi connectivity index (χ0n) is 16.8. The van der Waals surface area contributed by atoms with Crippen molar-refractivity contribution in [3.8, 4) is 0 Å². The van der Waals surface area contributed by atoms with E-state index in [2.05, 4.69) is 15.4 Å². The van der Waals surface area contributed by atoms with E-state index in [0.717, 1.165) is 0 Å². The van der Waals surface area contributed by atoms with Crippen molar-refractivity contribution >= 4 is 23.2 Å². The fourth-order valence-electron chi connectivity index (χ4n) is 3.47. The summed E-state index contributed by atoms with van der Waals surface area (Å²) in [7, 11) is 0. The van der Waals surface area contributed by atoms with Crippen molar-refractivity contribution in [3.05, 3.63) is 53.7 Å². The molecular formula is C21H23F2N5O2. The number of hydrogen-bond acceptors (Lipinski definition) is 5. The summed E-state index contributed by atoms with van der Waals surface area (Å²) in [5, 5.41) is 17.0. The summed E-state index contributed by atoms with van der Waals surface area (Å²) in [5.74, 6) is -2.09. The second-order valence-corrected chi connectivity index (χ2v) is 8.03. The number of anilines is 2. The second kappa shape index (κ2) is 7.32. The van der Waals surface area contributed by atoms with Gasteiger partial charge in [0.1, 0.15) is 11.6 Å². The first-order chi connectivity index (χ1) is 14.1. The third kappa shape index (κ3) is 4.11. The van der Waals surface area contributed by atoms with Crippen molar-refractivity contribution in [2.45, 2.75) is 38.2 Å². The normalized spacial score (nSPS) is 16.6. The quantitative estimate of drug-likeness (QED) is 0.682. The molecule has 0 bridgehead atoms. The molecule has 2 aromatic heterocycles. The number of aromatic nitrogens is 3. The van der Waals surface area contributed by atoms with Gasteiger partial charge in [0.2, 0.25) is 0 Å². The van der Waals surface area contributed by atoms with Crippen LogP contribution in [-0.2, 0) is 5.60 Å². The zero-order chi connectivity index (χ0) is 21.5. The number of nitrogens with zero attached hydrogens (tertiary/aromatic N) is 4. The van der Waals surface area contributed by atoms with Crippen LogP contribution in [0.2, 0.25) is 0 Å². The van der Waals surface area contributed by atoms with Gasteiger partial charge in [-0.15, -0.1) is 0 Å². The molecule has 3 heterocycles. The molecule has 0 saturated carbocycles. The van der Waals surface area contributed by atoms with E-state index in [-0.39, 0.29) is 31.8 Å². The molecule has 0 radical (unpaired) electrons. The van der Waals surface area contributed by atoms with E-state index in [1.54, 1.807) is 61.0 Å². The van der Waals surface area contributed by atoms with E-state index in [1.165, 1.54) is 0 Å².